The van der Waals surface area contributed by atoms with Crippen molar-refractivity contribution in [3.05, 3.63) is 64.7 Å². The van der Waals surface area contributed by atoms with Crippen LogP contribution in [0.2, 0.25) is 5.02 Å². The number of carbonyl (C=O) groups excluding carboxylic acids is 1. The highest BCUT2D eigenvalue weighted by molar-refractivity contribution is 6.30. The normalized spacial score (nSPS) is 15.9. The van der Waals surface area contributed by atoms with Crippen LogP contribution in [0.5, 0.6) is 0 Å². The summed E-state index contributed by atoms with van der Waals surface area (Å²) in [5.41, 5.74) is 3.25. The smallest absolute Gasteiger partial charge is 0.238 e. The topological polar surface area (TPSA) is 35.6 Å². The summed E-state index contributed by atoms with van der Waals surface area (Å²) in [6.45, 7) is 7.11. The minimum absolute atomic E-state index is 0.0499. The quantitative estimate of drug-likeness (QED) is 0.890. The van der Waals surface area contributed by atoms with Crippen LogP contribution in [0.25, 0.3) is 0 Å². The minimum atomic E-state index is 0.0499. The van der Waals surface area contributed by atoms with Crippen molar-refractivity contribution >= 4 is 23.2 Å². The molecule has 0 aliphatic carbocycles. The van der Waals surface area contributed by atoms with E-state index in [1.807, 2.05) is 49.4 Å². The van der Waals surface area contributed by atoms with Gasteiger partial charge in [0.25, 0.3) is 0 Å². The van der Waals surface area contributed by atoms with Crippen LogP contribution < -0.4 is 5.32 Å². The van der Waals surface area contributed by atoms with Crippen LogP contribution in [0.15, 0.2) is 48.5 Å². The van der Waals surface area contributed by atoms with Gasteiger partial charge in [0.05, 0.1) is 6.54 Å². The Balaban J connectivity index is 1.43. The van der Waals surface area contributed by atoms with Crippen molar-refractivity contribution in [2.75, 3.05) is 38.0 Å². The molecule has 2 aromatic rings. The largest absolute Gasteiger partial charge is 0.325 e. The number of carbonyl (C=O) groups is 1. The molecule has 2 aromatic carbocycles. The molecule has 1 amide bonds. The molecule has 1 saturated heterocycles. The van der Waals surface area contributed by atoms with Crippen LogP contribution in [0.4, 0.5) is 5.69 Å². The van der Waals surface area contributed by atoms with Gasteiger partial charge in [-0.05, 0) is 42.3 Å². The summed E-state index contributed by atoms with van der Waals surface area (Å²) in [5.74, 6) is 0.0499. The van der Waals surface area contributed by atoms with E-state index in [4.69, 9.17) is 11.6 Å². The SMILES string of the molecule is Cc1cccc(NC(=O)CN2CCN(Cc3cccc(Cl)c3)CC2)c1. The first-order valence-electron chi connectivity index (χ1n) is 8.64. The summed E-state index contributed by atoms with van der Waals surface area (Å²) in [5, 5.41) is 3.76. The molecular formula is C20H24ClN3O. The van der Waals surface area contributed by atoms with Crippen LogP contribution in [0.1, 0.15) is 11.1 Å². The summed E-state index contributed by atoms with van der Waals surface area (Å²) in [6.07, 6.45) is 0. The van der Waals surface area contributed by atoms with E-state index in [1.165, 1.54) is 5.56 Å². The molecule has 1 aliphatic rings. The van der Waals surface area contributed by atoms with Gasteiger partial charge in [-0.15, -0.1) is 0 Å². The van der Waals surface area contributed by atoms with Gasteiger partial charge in [-0.3, -0.25) is 14.6 Å². The van der Waals surface area contributed by atoms with Gasteiger partial charge in [0, 0.05) is 43.4 Å². The molecule has 0 aromatic heterocycles. The molecule has 1 fully saturated rings. The Kier molecular flexibility index (Phi) is 6.08. The molecule has 0 bridgehead atoms. The monoisotopic (exact) mass is 357 g/mol. The Labute approximate surface area is 154 Å². The number of aryl methyl sites for hydroxylation is 1. The number of hydrogen-bond acceptors (Lipinski definition) is 3. The van der Waals surface area contributed by atoms with Gasteiger partial charge in [0.15, 0.2) is 0 Å². The van der Waals surface area contributed by atoms with Gasteiger partial charge in [-0.2, -0.15) is 0 Å². The molecule has 0 atom stereocenters. The molecule has 1 N–H and O–H groups in total. The predicted molar refractivity (Wildman–Crippen MR) is 103 cm³/mol. The molecule has 0 unspecified atom stereocenters. The van der Waals surface area contributed by atoms with Crippen LogP contribution in [-0.4, -0.2) is 48.4 Å². The molecule has 0 saturated carbocycles. The molecule has 3 rings (SSSR count). The highest BCUT2D eigenvalue weighted by Crippen LogP contribution is 2.14. The van der Waals surface area contributed by atoms with E-state index in [1.54, 1.807) is 0 Å². The molecule has 5 heteroatoms. The molecule has 1 aliphatic heterocycles. The maximum absolute atomic E-state index is 12.2. The van der Waals surface area contributed by atoms with Gasteiger partial charge in [-0.1, -0.05) is 35.9 Å². The van der Waals surface area contributed by atoms with E-state index >= 15 is 0 Å². The maximum atomic E-state index is 12.2. The standard InChI is InChI=1S/C20H24ClN3O/c1-16-4-2-7-19(12-16)22-20(25)15-24-10-8-23(9-11-24)14-17-5-3-6-18(21)13-17/h2-7,12-13H,8-11,14-15H2,1H3,(H,22,25). The summed E-state index contributed by atoms with van der Waals surface area (Å²) < 4.78 is 0. The van der Waals surface area contributed by atoms with E-state index in [2.05, 4.69) is 21.2 Å². The minimum Gasteiger partial charge on any atom is -0.325 e. The van der Waals surface area contributed by atoms with Gasteiger partial charge in [0.1, 0.15) is 0 Å². The van der Waals surface area contributed by atoms with E-state index < -0.39 is 0 Å². The highest BCUT2D eigenvalue weighted by Gasteiger charge is 2.19. The summed E-state index contributed by atoms with van der Waals surface area (Å²) in [4.78, 5) is 16.8. The lowest BCUT2D eigenvalue weighted by Crippen LogP contribution is -2.48. The van der Waals surface area contributed by atoms with Gasteiger partial charge >= 0.3 is 0 Å². The second-order valence-corrected chi connectivity index (χ2v) is 7.04. The first kappa shape index (κ1) is 17.9. The number of halogens is 1. The number of anilines is 1. The molecule has 25 heavy (non-hydrogen) atoms. The molecule has 132 valence electrons. The number of benzene rings is 2. The Bertz CT molecular complexity index is 726. The Morgan fingerprint density at radius 2 is 1.76 bits per heavy atom. The third kappa shape index (κ3) is 5.56. The molecule has 0 radical (unpaired) electrons. The van der Waals surface area contributed by atoms with Gasteiger partial charge < -0.3 is 5.32 Å². The number of rotatable bonds is 5. The Morgan fingerprint density at radius 1 is 1.04 bits per heavy atom. The fourth-order valence-corrected chi connectivity index (χ4v) is 3.34. The van der Waals surface area contributed by atoms with Crippen LogP contribution in [0.3, 0.4) is 0 Å². The van der Waals surface area contributed by atoms with Gasteiger partial charge in [0.2, 0.25) is 5.91 Å². The van der Waals surface area contributed by atoms with Crippen LogP contribution >= 0.6 is 11.6 Å². The number of nitrogens with one attached hydrogen (secondary N) is 1. The maximum Gasteiger partial charge on any atom is 0.238 e. The summed E-state index contributed by atoms with van der Waals surface area (Å²) in [7, 11) is 0. The third-order valence-corrected chi connectivity index (χ3v) is 4.66. The predicted octanol–water partition coefficient (Wildman–Crippen LogP) is 3.40. The lowest BCUT2D eigenvalue weighted by molar-refractivity contribution is -0.117. The van der Waals surface area contributed by atoms with Crippen molar-refractivity contribution in [2.45, 2.75) is 13.5 Å². The van der Waals surface area contributed by atoms with E-state index in [-0.39, 0.29) is 5.91 Å². The van der Waals surface area contributed by atoms with Crippen molar-refractivity contribution in [1.82, 2.24) is 9.80 Å². The molecule has 0 spiro atoms. The van der Waals surface area contributed by atoms with E-state index in [9.17, 15) is 4.79 Å². The lowest BCUT2D eigenvalue weighted by atomic mass is 10.2. The highest BCUT2D eigenvalue weighted by atomic mass is 35.5. The number of amides is 1. The van der Waals surface area contributed by atoms with Crippen molar-refractivity contribution in [2.24, 2.45) is 0 Å². The zero-order valence-electron chi connectivity index (χ0n) is 14.5. The van der Waals surface area contributed by atoms with Crippen molar-refractivity contribution in [1.29, 1.82) is 0 Å². The zero-order valence-corrected chi connectivity index (χ0v) is 15.3. The van der Waals surface area contributed by atoms with E-state index in [0.29, 0.717) is 6.54 Å². The van der Waals surface area contributed by atoms with Crippen molar-refractivity contribution in [3.63, 3.8) is 0 Å². The fraction of sp³-hybridized carbons (Fsp3) is 0.350. The molecule has 4 nitrogen and oxygen atoms in total. The average molecular weight is 358 g/mol. The van der Waals surface area contributed by atoms with Gasteiger partial charge in [-0.25, -0.2) is 0 Å². The fourth-order valence-electron chi connectivity index (χ4n) is 3.13. The zero-order chi connectivity index (χ0) is 17.6. The first-order valence-corrected chi connectivity index (χ1v) is 9.02. The third-order valence-electron chi connectivity index (χ3n) is 4.43. The second kappa shape index (κ2) is 8.48. The molecular weight excluding hydrogens is 334 g/mol. The van der Waals surface area contributed by atoms with E-state index in [0.717, 1.165) is 49.0 Å². The summed E-state index contributed by atoms with van der Waals surface area (Å²) in [6, 6.07) is 15.9. The van der Waals surface area contributed by atoms with Crippen molar-refractivity contribution < 1.29 is 4.79 Å². The number of nitrogens with zero attached hydrogens (tertiary/aromatic N) is 2. The molecule has 1 heterocycles. The van der Waals surface area contributed by atoms with Crippen LogP contribution in [-0.2, 0) is 11.3 Å². The Morgan fingerprint density at radius 3 is 2.48 bits per heavy atom. The lowest BCUT2D eigenvalue weighted by Gasteiger charge is -2.34. The van der Waals surface area contributed by atoms with Crippen molar-refractivity contribution in [3.8, 4) is 0 Å². The summed E-state index contributed by atoms with van der Waals surface area (Å²) >= 11 is 6.05. The number of hydrogen-bond donors (Lipinski definition) is 1. The second-order valence-electron chi connectivity index (χ2n) is 6.60. The average Bonchev–Trinajstić information content (AvgIpc) is 2.57. The Hall–Kier alpha value is -1.88. The first-order chi connectivity index (χ1) is 12.1. The van der Waals surface area contributed by atoms with Crippen LogP contribution in [0, 0.1) is 6.92 Å². The number of piperazine rings is 1.